The van der Waals surface area contributed by atoms with E-state index in [-0.39, 0.29) is 13.2 Å². The standard InChI is InChI=1S/C6H10O3.C6H10O2/c1-5(2)6(8)9-4-3-7;1-3-4-5(2)6(7)8/h7H,1,3-4H2,2H3;2-4H2,1H3,(H,7,8). The molecule has 0 heterocycles. The maximum absolute atomic E-state index is 10.5. The molecule has 0 unspecified atom stereocenters. The van der Waals surface area contributed by atoms with Gasteiger partial charge in [0.15, 0.2) is 0 Å². The number of aliphatic hydroxyl groups excluding tert-OH is 1. The lowest BCUT2D eigenvalue weighted by molar-refractivity contribution is -0.140. The molecule has 0 spiro atoms. The summed E-state index contributed by atoms with van der Waals surface area (Å²) in [5.74, 6) is -1.34. The summed E-state index contributed by atoms with van der Waals surface area (Å²) >= 11 is 0. The van der Waals surface area contributed by atoms with E-state index in [4.69, 9.17) is 10.2 Å². The van der Waals surface area contributed by atoms with Crippen molar-refractivity contribution in [3.8, 4) is 0 Å². The van der Waals surface area contributed by atoms with Crippen molar-refractivity contribution in [3.63, 3.8) is 0 Å². The van der Waals surface area contributed by atoms with Gasteiger partial charge in [-0.25, -0.2) is 9.59 Å². The smallest absolute Gasteiger partial charge is 0.333 e. The van der Waals surface area contributed by atoms with Gasteiger partial charge in [0.2, 0.25) is 0 Å². The Kier molecular flexibility index (Phi) is 11.4. The third-order valence-corrected chi connectivity index (χ3v) is 1.53. The predicted molar refractivity (Wildman–Crippen MR) is 64.5 cm³/mol. The lowest BCUT2D eigenvalue weighted by atomic mass is 10.2. The fourth-order valence-electron chi connectivity index (χ4n) is 0.670. The van der Waals surface area contributed by atoms with E-state index in [0.29, 0.717) is 17.6 Å². The number of rotatable bonds is 6. The molecule has 0 aliphatic rings. The lowest BCUT2D eigenvalue weighted by Gasteiger charge is -1.99. The van der Waals surface area contributed by atoms with Crippen LogP contribution < -0.4 is 0 Å². The largest absolute Gasteiger partial charge is 0.478 e. The van der Waals surface area contributed by atoms with Crippen molar-refractivity contribution in [2.45, 2.75) is 26.7 Å². The normalized spacial score (nSPS) is 8.65. The zero-order valence-corrected chi connectivity index (χ0v) is 10.4. The van der Waals surface area contributed by atoms with Crippen molar-refractivity contribution >= 4 is 11.9 Å². The van der Waals surface area contributed by atoms with Gasteiger partial charge in [-0.15, -0.1) is 0 Å². The summed E-state index contributed by atoms with van der Waals surface area (Å²) in [6.07, 6.45) is 1.44. The molecule has 5 heteroatoms. The van der Waals surface area contributed by atoms with Gasteiger partial charge in [-0.2, -0.15) is 0 Å². The minimum Gasteiger partial charge on any atom is -0.478 e. The van der Waals surface area contributed by atoms with Gasteiger partial charge in [0.1, 0.15) is 6.61 Å². The molecule has 0 aromatic carbocycles. The molecule has 2 N–H and O–H groups in total. The molecule has 0 amide bonds. The van der Waals surface area contributed by atoms with Gasteiger partial charge in [-0.1, -0.05) is 26.5 Å². The highest BCUT2D eigenvalue weighted by Crippen LogP contribution is 1.99. The Morgan fingerprint density at radius 2 is 1.82 bits per heavy atom. The van der Waals surface area contributed by atoms with Crippen LogP contribution in [-0.4, -0.2) is 35.4 Å². The second-order valence-corrected chi connectivity index (χ2v) is 3.30. The second-order valence-electron chi connectivity index (χ2n) is 3.30. The monoisotopic (exact) mass is 244 g/mol. The van der Waals surface area contributed by atoms with Crippen molar-refractivity contribution in [2.24, 2.45) is 0 Å². The van der Waals surface area contributed by atoms with Crippen LogP contribution in [0.2, 0.25) is 0 Å². The quantitative estimate of drug-likeness (QED) is 0.546. The van der Waals surface area contributed by atoms with Crippen molar-refractivity contribution < 1.29 is 24.5 Å². The van der Waals surface area contributed by atoms with Crippen LogP contribution in [0.1, 0.15) is 26.7 Å². The number of hydrogen-bond donors (Lipinski definition) is 2. The molecule has 0 atom stereocenters. The average Bonchev–Trinajstić information content (AvgIpc) is 2.26. The minimum absolute atomic E-state index is 0.0473. The van der Waals surface area contributed by atoms with E-state index >= 15 is 0 Å². The van der Waals surface area contributed by atoms with Crippen molar-refractivity contribution in [1.82, 2.24) is 0 Å². The zero-order chi connectivity index (χ0) is 13.8. The highest BCUT2D eigenvalue weighted by molar-refractivity contribution is 5.86. The highest BCUT2D eigenvalue weighted by Gasteiger charge is 2.00. The summed E-state index contributed by atoms with van der Waals surface area (Å²) in [4.78, 5) is 20.5. The molecule has 0 aliphatic heterocycles. The Hall–Kier alpha value is -1.62. The summed E-state index contributed by atoms with van der Waals surface area (Å²) in [5, 5.41) is 16.4. The number of aliphatic carboxylic acids is 1. The molecule has 17 heavy (non-hydrogen) atoms. The third kappa shape index (κ3) is 12.3. The third-order valence-electron chi connectivity index (χ3n) is 1.53. The van der Waals surface area contributed by atoms with Gasteiger partial charge in [0, 0.05) is 11.1 Å². The fourth-order valence-corrected chi connectivity index (χ4v) is 0.670. The van der Waals surface area contributed by atoms with Gasteiger partial charge < -0.3 is 14.9 Å². The summed E-state index contributed by atoms with van der Waals surface area (Å²) in [5.41, 5.74) is 0.649. The van der Waals surface area contributed by atoms with E-state index < -0.39 is 11.9 Å². The summed E-state index contributed by atoms with van der Waals surface area (Å²) in [7, 11) is 0. The molecule has 5 nitrogen and oxygen atoms in total. The summed E-state index contributed by atoms with van der Waals surface area (Å²) in [6, 6.07) is 0. The first-order chi connectivity index (χ1) is 7.86. The van der Waals surface area contributed by atoms with Crippen LogP contribution in [-0.2, 0) is 14.3 Å². The zero-order valence-electron chi connectivity index (χ0n) is 10.4. The minimum atomic E-state index is -0.883. The molecular weight excluding hydrogens is 224 g/mol. The molecule has 0 aromatic heterocycles. The van der Waals surface area contributed by atoms with Crippen LogP contribution >= 0.6 is 0 Å². The van der Waals surface area contributed by atoms with Crippen LogP contribution in [0, 0.1) is 0 Å². The average molecular weight is 244 g/mol. The van der Waals surface area contributed by atoms with E-state index in [2.05, 4.69) is 17.9 Å². The Morgan fingerprint density at radius 3 is 2.06 bits per heavy atom. The molecule has 0 aliphatic carbocycles. The topological polar surface area (TPSA) is 83.8 Å². The maximum Gasteiger partial charge on any atom is 0.333 e. The van der Waals surface area contributed by atoms with Crippen LogP contribution in [0.3, 0.4) is 0 Å². The highest BCUT2D eigenvalue weighted by atomic mass is 16.5. The predicted octanol–water partition coefficient (Wildman–Crippen LogP) is 1.53. The Bertz CT molecular complexity index is 281. The Balaban J connectivity index is 0. The fraction of sp³-hybridized carbons (Fsp3) is 0.500. The molecule has 0 saturated heterocycles. The van der Waals surface area contributed by atoms with Crippen molar-refractivity contribution in [1.29, 1.82) is 0 Å². The summed E-state index contributed by atoms with van der Waals surface area (Å²) in [6.45, 7) is 10.1. The first kappa shape index (κ1) is 17.8. The number of ether oxygens (including phenoxy) is 1. The number of aliphatic hydroxyl groups is 1. The molecule has 98 valence electrons. The van der Waals surface area contributed by atoms with Gasteiger partial charge >= 0.3 is 11.9 Å². The summed E-state index contributed by atoms with van der Waals surface area (Å²) < 4.78 is 4.46. The number of carboxylic acid groups (broad SMARTS) is 1. The van der Waals surface area contributed by atoms with Gasteiger partial charge in [-0.3, -0.25) is 0 Å². The van der Waals surface area contributed by atoms with Crippen molar-refractivity contribution in [2.75, 3.05) is 13.2 Å². The van der Waals surface area contributed by atoms with Crippen LogP contribution in [0.25, 0.3) is 0 Å². The first-order valence-corrected chi connectivity index (χ1v) is 5.21. The maximum atomic E-state index is 10.5. The van der Waals surface area contributed by atoms with Gasteiger partial charge in [0.25, 0.3) is 0 Å². The van der Waals surface area contributed by atoms with Gasteiger partial charge in [0.05, 0.1) is 6.61 Å². The Labute approximate surface area is 101 Å². The van der Waals surface area contributed by atoms with E-state index in [1.165, 1.54) is 0 Å². The molecule has 0 aromatic rings. The van der Waals surface area contributed by atoms with E-state index in [0.717, 1.165) is 6.42 Å². The van der Waals surface area contributed by atoms with Crippen molar-refractivity contribution in [3.05, 3.63) is 24.3 Å². The molecule has 0 rings (SSSR count). The molecule has 0 saturated carbocycles. The number of esters is 1. The molecule has 0 radical (unpaired) electrons. The number of carbonyl (C=O) groups is 2. The Morgan fingerprint density at radius 1 is 1.29 bits per heavy atom. The molecular formula is C12H20O5. The second kappa shape index (κ2) is 10.9. The van der Waals surface area contributed by atoms with E-state index in [1.807, 2.05) is 6.92 Å². The number of carboxylic acids is 1. The molecule has 0 bridgehead atoms. The van der Waals surface area contributed by atoms with E-state index in [1.54, 1.807) is 6.92 Å². The van der Waals surface area contributed by atoms with Crippen LogP contribution in [0.15, 0.2) is 24.3 Å². The molecule has 0 fully saturated rings. The van der Waals surface area contributed by atoms with Gasteiger partial charge in [-0.05, 0) is 13.3 Å². The lowest BCUT2D eigenvalue weighted by Crippen LogP contribution is -2.08. The SMILES string of the molecule is C=C(C)C(=O)OCCO.C=C(CCC)C(=O)O. The first-order valence-electron chi connectivity index (χ1n) is 5.21. The van der Waals surface area contributed by atoms with Crippen LogP contribution in [0.4, 0.5) is 0 Å². The number of hydrogen-bond acceptors (Lipinski definition) is 4. The van der Waals surface area contributed by atoms with Crippen LogP contribution in [0.5, 0.6) is 0 Å². The van der Waals surface area contributed by atoms with E-state index in [9.17, 15) is 9.59 Å². The number of carbonyl (C=O) groups excluding carboxylic acids is 1.